The number of piperidine rings is 1. The monoisotopic (exact) mass is 362 g/mol. The van der Waals surface area contributed by atoms with Crippen molar-refractivity contribution in [3.63, 3.8) is 0 Å². The lowest BCUT2D eigenvalue weighted by Crippen LogP contribution is -2.32. The molecule has 0 radical (unpaired) electrons. The molecule has 27 heavy (non-hydrogen) atoms. The zero-order valence-corrected chi connectivity index (χ0v) is 16.0. The molecule has 1 aliphatic rings. The normalized spacial score (nSPS) is 17.8. The molecule has 1 atom stereocenters. The number of methoxy groups -OCH3 is 1. The maximum Gasteiger partial charge on any atom is 0.119 e. The van der Waals surface area contributed by atoms with Crippen LogP contribution in [0, 0.1) is 0 Å². The predicted octanol–water partition coefficient (Wildman–Crippen LogP) is 4.22. The molecule has 0 amide bonds. The number of benzene rings is 1. The van der Waals surface area contributed by atoms with Crippen LogP contribution in [0.25, 0.3) is 11.3 Å². The highest BCUT2D eigenvalue weighted by atomic mass is 16.5. The summed E-state index contributed by atoms with van der Waals surface area (Å²) in [5, 5.41) is 4.31. The van der Waals surface area contributed by atoms with Gasteiger partial charge in [0.05, 0.1) is 19.0 Å². The summed E-state index contributed by atoms with van der Waals surface area (Å²) in [6.45, 7) is 2.06. The minimum Gasteiger partial charge on any atom is -0.497 e. The summed E-state index contributed by atoms with van der Waals surface area (Å²) in [7, 11) is 3.66. The minimum absolute atomic E-state index is 0.422. The number of hydrogen-bond donors (Lipinski definition) is 0. The van der Waals surface area contributed by atoms with E-state index in [1.54, 1.807) is 7.11 Å². The van der Waals surface area contributed by atoms with Crippen molar-refractivity contribution in [2.75, 3.05) is 13.7 Å². The standard InChI is InChI=1S/C22H26N4O/c1-25-15-17(13-24-25)16-26-11-4-3-8-22(26)19-9-10-21(23-14-19)18-6-5-7-20(12-18)27-2/h5-7,9-10,12-15,22H,3-4,8,11,16H2,1-2H3/t22-/m1/s1. The van der Waals surface area contributed by atoms with Crippen molar-refractivity contribution in [1.29, 1.82) is 0 Å². The van der Waals surface area contributed by atoms with E-state index in [0.29, 0.717) is 6.04 Å². The number of ether oxygens (including phenoxy) is 1. The molecule has 1 fully saturated rings. The molecular weight excluding hydrogens is 336 g/mol. The van der Waals surface area contributed by atoms with Gasteiger partial charge in [0.2, 0.25) is 0 Å². The molecule has 2 aromatic heterocycles. The number of pyridine rings is 1. The molecule has 5 nitrogen and oxygen atoms in total. The molecule has 140 valence electrons. The largest absolute Gasteiger partial charge is 0.497 e. The maximum absolute atomic E-state index is 5.33. The van der Waals surface area contributed by atoms with Gasteiger partial charge in [-0.15, -0.1) is 0 Å². The summed E-state index contributed by atoms with van der Waals surface area (Å²) in [6.07, 6.45) is 9.82. The number of hydrogen-bond acceptors (Lipinski definition) is 4. The fraction of sp³-hybridized carbons (Fsp3) is 0.364. The highest BCUT2D eigenvalue weighted by molar-refractivity contribution is 5.61. The maximum atomic E-state index is 5.33. The molecule has 1 aromatic carbocycles. The van der Waals surface area contributed by atoms with Crippen LogP contribution in [0.4, 0.5) is 0 Å². The molecule has 3 aromatic rings. The fourth-order valence-corrected chi connectivity index (χ4v) is 3.90. The van der Waals surface area contributed by atoms with Crippen molar-refractivity contribution >= 4 is 0 Å². The lowest BCUT2D eigenvalue weighted by Gasteiger charge is -2.35. The van der Waals surface area contributed by atoms with Gasteiger partial charge in [0.25, 0.3) is 0 Å². The zero-order valence-electron chi connectivity index (χ0n) is 16.0. The van der Waals surface area contributed by atoms with Crippen LogP contribution in [0.15, 0.2) is 55.0 Å². The topological polar surface area (TPSA) is 43.2 Å². The SMILES string of the molecule is COc1cccc(-c2ccc([C@H]3CCCCN3Cc3cnn(C)c3)cn2)c1. The molecule has 0 spiro atoms. The Balaban J connectivity index is 1.53. The average Bonchev–Trinajstić information content (AvgIpc) is 3.13. The third-order valence-electron chi connectivity index (χ3n) is 5.29. The van der Waals surface area contributed by atoms with E-state index in [1.165, 1.54) is 30.4 Å². The van der Waals surface area contributed by atoms with Gasteiger partial charge in [-0.2, -0.15) is 5.10 Å². The molecule has 0 aliphatic carbocycles. The Morgan fingerprint density at radius 3 is 2.81 bits per heavy atom. The van der Waals surface area contributed by atoms with Gasteiger partial charge < -0.3 is 4.74 Å². The van der Waals surface area contributed by atoms with Gasteiger partial charge in [-0.3, -0.25) is 14.6 Å². The second-order valence-electron chi connectivity index (χ2n) is 7.21. The Bertz CT molecular complexity index is 887. The van der Waals surface area contributed by atoms with Crippen LogP contribution < -0.4 is 4.74 Å². The predicted molar refractivity (Wildman–Crippen MR) is 106 cm³/mol. The molecule has 3 heterocycles. The second-order valence-corrected chi connectivity index (χ2v) is 7.21. The van der Waals surface area contributed by atoms with Crippen LogP contribution in [-0.2, 0) is 13.6 Å². The van der Waals surface area contributed by atoms with Crippen LogP contribution in [0.2, 0.25) is 0 Å². The van der Waals surface area contributed by atoms with Crippen LogP contribution in [0.5, 0.6) is 5.75 Å². The van der Waals surface area contributed by atoms with Crippen molar-refractivity contribution in [3.8, 4) is 17.0 Å². The number of likely N-dealkylation sites (tertiary alicyclic amines) is 1. The lowest BCUT2D eigenvalue weighted by atomic mass is 9.95. The van der Waals surface area contributed by atoms with Crippen molar-refractivity contribution in [2.45, 2.75) is 31.8 Å². The summed E-state index contributed by atoms with van der Waals surface area (Å²) in [4.78, 5) is 7.30. The van der Waals surface area contributed by atoms with E-state index >= 15 is 0 Å². The molecule has 0 N–H and O–H groups in total. The first-order valence-corrected chi connectivity index (χ1v) is 9.55. The Labute approximate surface area is 160 Å². The molecular formula is C22H26N4O. The number of rotatable bonds is 5. The number of nitrogens with zero attached hydrogens (tertiary/aromatic N) is 4. The average molecular weight is 362 g/mol. The third kappa shape index (κ3) is 4.03. The van der Waals surface area contributed by atoms with E-state index < -0.39 is 0 Å². The van der Waals surface area contributed by atoms with Crippen molar-refractivity contribution in [3.05, 3.63) is 66.1 Å². The van der Waals surface area contributed by atoms with E-state index in [-0.39, 0.29) is 0 Å². The molecule has 0 saturated carbocycles. The Morgan fingerprint density at radius 2 is 2.07 bits per heavy atom. The van der Waals surface area contributed by atoms with Crippen molar-refractivity contribution < 1.29 is 4.74 Å². The van der Waals surface area contributed by atoms with Gasteiger partial charge in [0, 0.05) is 43.2 Å². The Hall–Kier alpha value is -2.66. The summed E-state index contributed by atoms with van der Waals surface area (Å²) in [5.41, 5.74) is 4.62. The van der Waals surface area contributed by atoms with Gasteiger partial charge in [-0.1, -0.05) is 24.6 Å². The lowest BCUT2D eigenvalue weighted by molar-refractivity contribution is 0.140. The van der Waals surface area contributed by atoms with Crippen LogP contribution in [0.1, 0.15) is 36.4 Å². The van der Waals surface area contributed by atoms with Crippen LogP contribution in [-0.4, -0.2) is 33.3 Å². The summed E-state index contributed by atoms with van der Waals surface area (Å²) in [5.74, 6) is 0.855. The summed E-state index contributed by atoms with van der Waals surface area (Å²) >= 11 is 0. The van der Waals surface area contributed by atoms with Crippen LogP contribution >= 0.6 is 0 Å². The first kappa shape index (κ1) is 17.7. The molecule has 5 heteroatoms. The van der Waals surface area contributed by atoms with Crippen LogP contribution in [0.3, 0.4) is 0 Å². The number of aryl methyl sites for hydroxylation is 1. The van der Waals surface area contributed by atoms with Gasteiger partial charge in [-0.25, -0.2) is 0 Å². The molecule has 1 saturated heterocycles. The first-order valence-electron chi connectivity index (χ1n) is 9.55. The zero-order chi connectivity index (χ0) is 18.6. The Morgan fingerprint density at radius 1 is 1.15 bits per heavy atom. The third-order valence-corrected chi connectivity index (χ3v) is 5.29. The highest BCUT2D eigenvalue weighted by Gasteiger charge is 2.24. The van der Waals surface area contributed by atoms with E-state index in [1.807, 2.05) is 42.3 Å². The van der Waals surface area contributed by atoms with E-state index in [4.69, 9.17) is 9.72 Å². The smallest absolute Gasteiger partial charge is 0.119 e. The van der Waals surface area contributed by atoms with Crippen molar-refractivity contribution in [2.24, 2.45) is 7.05 Å². The quantitative estimate of drug-likeness (QED) is 0.682. The molecule has 4 rings (SSSR count). The molecule has 0 bridgehead atoms. The fourth-order valence-electron chi connectivity index (χ4n) is 3.90. The molecule has 0 unspecified atom stereocenters. The first-order chi connectivity index (χ1) is 13.2. The molecule has 1 aliphatic heterocycles. The summed E-state index contributed by atoms with van der Waals surface area (Å²) in [6, 6.07) is 12.8. The van der Waals surface area contributed by atoms with E-state index in [9.17, 15) is 0 Å². The van der Waals surface area contributed by atoms with E-state index in [0.717, 1.165) is 30.1 Å². The van der Waals surface area contributed by atoms with Gasteiger partial charge in [0.1, 0.15) is 5.75 Å². The summed E-state index contributed by atoms with van der Waals surface area (Å²) < 4.78 is 7.20. The van der Waals surface area contributed by atoms with Gasteiger partial charge in [0.15, 0.2) is 0 Å². The number of aromatic nitrogens is 3. The van der Waals surface area contributed by atoms with E-state index in [2.05, 4.69) is 34.4 Å². The Kier molecular flexibility index (Phi) is 5.21. The van der Waals surface area contributed by atoms with Gasteiger partial charge >= 0.3 is 0 Å². The highest BCUT2D eigenvalue weighted by Crippen LogP contribution is 2.32. The van der Waals surface area contributed by atoms with Crippen molar-refractivity contribution in [1.82, 2.24) is 19.7 Å². The minimum atomic E-state index is 0.422. The second kappa shape index (κ2) is 7.92. The van der Waals surface area contributed by atoms with Gasteiger partial charge in [-0.05, 0) is 43.1 Å².